The van der Waals surface area contributed by atoms with Crippen LogP contribution >= 0.6 is 61.7 Å². The molecule has 5 rings (SSSR count). The van der Waals surface area contributed by atoms with E-state index in [1.54, 1.807) is 53.9 Å². The molecule has 0 saturated heterocycles. The van der Waals surface area contributed by atoms with E-state index in [0.29, 0.717) is 47.4 Å². The van der Waals surface area contributed by atoms with E-state index in [9.17, 15) is 58.3 Å². The summed E-state index contributed by atoms with van der Waals surface area (Å²) in [6.07, 6.45) is -10.1. The molecule has 0 bridgehead atoms. The van der Waals surface area contributed by atoms with E-state index >= 15 is 0 Å². The Morgan fingerprint density at radius 3 is 2.00 bits per heavy atom. The zero-order chi connectivity index (χ0) is 49.9. The van der Waals surface area contributed by atoms with Crippen molar-refractivity contribution in [3.63, 3.8) is 0 Å². The summed E-state index contributed by atoms with van der Waals surface area (Å²) in [6, 6.07) is 13.5. The van der Waals surface area contributed by atoms with Crippen molar-refractivity contribution in [3.8, 4) is 5.82 Å². The van der Waals surface area contributed by atoms with E-state index in [1.165, 1.54) is 55.9 Å². The van der Waals surface area contributed by atoms with E-state index in [1.807, 2.05) is 0 Å². The molecule has 0 unspecified atom stereocenters. The van der Waals surface area contributed by atoms with Crippen LogP contribution in [0.1, 0.15) is 72.1 Å². The van der Waals surface area contributed by atoms with Crippen molar-refractivity contribution >= 4 is 107 Å². The summed E-state index contributed by atoms with van der Waals surface area (Å²) in [6.45, 7) is 5.73. The first-order valence-corrected chi connectivity index (χ1v) is 23.2. The molecule has 3 aromatic carbocycles. The Labute approximate surface area is 404 Å². The summed E-state index contributed by atoms with van der Waals surface area (Å²) in [4.78, 5) is 55.4. The Hall–Kier alpha value is -4.85. The number of rotatable bonds is 11. The Morgan fingerprint density at radius 2 is 1.44 bits per heavy atom. The van der Waals surface area contributed by atoms with E-state index in [-0.39, 0.29) is 45.6 Å². The molecular formula is C41H36BrCl2F7IN7O6S. The third-order valence-electron chi connectivity index (χ3n) is 9.08. The minimum absolute atomic E-state index is 0.140. The summed E-state index contributed by atoms with van der Waals surface area (Å²) in [5.41, 5.74) is -8.03. The zero-order valence-corrected chi connectivity index (χ0v) is 41.1. The fraction of sp³-hybridized carbons (Fsp3) is 0.268. The number of aromatic nitrogens is 3. The molecule has 0 aliphatic carbocycles. The highest BCUT2D eigenvalue weighted by molar-refractivity contribution is 14.1. The number of pyridine rings is 1. The Kier molecular flexibility index (Phi) is 16.8. The molecule has 2 heterocycles. The number of aryl methyl sites for hydroxylation is 2. The van der Waals surface area contributed by atoms with Crippen LogP contribution in [0.4, 0.5) is 42.1 Å². The number of alkyl halides is 7. The van der Waals surface area contributed by atoms with Crippen molar-refractivity contribution in [3.05, 3.63) is 130 Å². The van der Waals surface area contributed by atoms with Crippen LogP contribution in [-0.2, 0) is 15.5 Å². The summed E-state index contributed by atoms with van der Waals surface area (Å²) in [5, 5.41) is 15.1. The quantitative estimate of drug-likeness (QED) is 0.0745. The molecule has 0 fully saturated rings. The van der Waals surface area contributed by atoms with Crippen LogP contribution in [0, 0.1) is 17.4 Å². The van der Waals surface area contributed by atoms with E-state index < -0.39 is 62.4 Å². The summed E-state index contributed by atoms with van der Waals surface area (Å²) < 4.78 is 118. The summed E-state index contributed by atoms with van der Waals surface area (Å²) in [5.74, 6) is -2.70. The van der Waals surface area contributed by atoms with Gasteiger partial charge in [-0.25, -0.2) is 22.5 Å². The number of amides is 4. The Morgan fingerprint density at radius 1 is 0.803 bits per heavy atom. The molecule has 0 radical (unpaired) electrons. The second kappa shape index (κ2) is 20.6. The van der Waals surface area contributed by atoms with Crippen LogP contribution in [0.3, 0.4) is 0 Å². The number of nitrogens with zero attached hydrogens (tertiary/aromatic N) is 3. The molecule has 0 aliphatic rings. The third kappa shape index (κ3) is 12.6. The second-order valence-corrected chi connectivity index (χ2v) is 19.9. The van der Waals surface area contributed by atoms with Crippen molar-refractivity contribution in [1.29, 1.82) is 0 Å². The van der Waals surface area contributed by atoms with Crippen LogP contribution < -0.4 is 21.3 Å². The highest BCUT2D eigenvalue weighted by Gasteiger charge is 2.73. The average Bonchev–Trinajstić information content (AvgIpc) is 3.58. The molecule has 66 heavy (non-hydrogen) atoms. The van der Waals surface area contributed by atoms with Crippen molar-refractivity contribution < 1.29 is 58.3 Å². The van der Waals surface area contributed by atoms with Gasteiger partial charge in [-0.3, -0.25) is 19.2 Å². The fourth-order valence-corrected chi connectivity index (χ4v) is 9.29. The standard InChI is InChI=1S/C23H22F7IN2O4S.C18H14BrCl2N5O2/c1-12-10-13(21(24,22(25,26)27)23(28,29)30)8-9-16(12)32-18(34)14-6-5-7-15(31)17(14)19(35)33-20(2,3)11-38(4,36)37;1-9-6-10(20)7-11(17(27)22-2)15(9)24-18(28)13-8-14(19)25-26(13)16-12(21)4-3-5-23-16/h5-10H,11H2,1-4H3,(H,32,34)(H,33,35);3-8H,1-2H3,(H,22,27)(H,24,28). The zero-order valence-electron chi connectivity index (χ0n) is 35.0. The van der Waals surface area contributed by atoms with Crippen LogP contribution in [0.5, 0.6) is 0 Å². The normalized spacial score (nSPS) is 12.1. The number of benzene rings is 3. The molecule has 4 N–H and O–H groups in total. The van der Waals surface area contributed by atoms with Gasteiger partial charge in [0, 0.05) is 50.9 Å². The molecule has 2 aromatic heterocycles. The molecule has 13 nitrogen and oxygen atoms in total. The Balaban J connectivity index is 0.000000301. The molecule has 0 saturated carbocycles. The number of anilines is 2. The van der Waals surface area contributed by atoms with Gasteiger partial charge in [0.05, 0.1) is 33.2 Å². The molecule has 0 aliphatic heterocycles. The van der Waals surface area contributed by atoms with Gasteiger partial charge in [0.15, 0.2) is 5.82 Å². The Bertz CT molecular complexity index is 2810. The first-order chi connectivity index (χ1) is 30.3. The van der Waals surface area contributed by atoms with Crippen molar-refractivity contribution in [2.45, 2.75) is 51.3 Å². The fourth-order valence-electron chi connectivity index (χ4n) is 6.31. The molecule has 5 aromatic rings. The lowest BCUT2D eigenvalue weighted by Gasteiger charge is -2.30. The minimum Gasteiger partial charge on any atom is -0.355 e. The highest BCUT2D eigenvalue weighted by Crippen LogP contribution is 2.53. The summed E-state index contributed by atoms with van der Waals surface area (Å²) in [7, 11) is -1.99. The number of carbonyl (C=O) groups is 4. The molecule has 354 valence electrons. The lowest BCUT2D eigenvalue weighted by atomic mass is 9.92. The lowest BCUT2D eigenvalue weighted by molar-refractivity contribution is -0.348. The first kappa shape index (κ1) is 53.8. The van der Waals surface area contributed by atoms with Crippen LogP contribution in [0.25, 0.3) is 5.82 Å². The predicted octanol–water partition coefficient (Wildman–Crippen LogP) is 9.95. The molecule has 4 amide bonds. The topological polar surface area (TPSA) is 181 Å². The van der Waals surface area contributed by atoms with Gasteiger partial charge < -0.3 is 21.3 Å². The maximum Gasteiger partial charge on any atom is 0.435 e. The number of sulfone groups is 1. The highest BCUT2D eigenvalue weighted by atomic mass is 127. The van der Waals surface area contributed by atoms with Gasteiger partial charge in [-0.2, -0.15) is 31.4 Å². The third-order valence-corrected chi connectivity index (χ3v) is 12.1. The van der Waals surface area contributed by atoms with Gasteiger partial charge in [0.25, 0.3) is 23.6 Å². The molecular weight excluding hydrogens is 1130 g/mol. The number of carbonyl (C=O) groups excluding carboxylic acids is 4. The van der Waals surface area contributed by atoms with Crippen LogP contribution in [0.15, 0.2) is 77.5 Å². The van der Waals surface area contributed by atoms with Gasteiger partial charge in [0.1, 0.15) is 20.1 Å². The van der Waals surface area contributed by atoms with E-state index in [4.69, 9.17) is 23.2 Å². The van der Waals surface area contributed by atoms with Gasteiger partial charge in [-0.15, -0.1) is 0 Å². The first-order valence-electron chi connectivity index (χ1n) is 18.6. The van der Waals surface area contributed by atoms with E-state index in [0.717, 1.165) is 13.2 Å². The smallest absolute Gasteiger partial charge is 0.355 e. The number of halogens is 11. The monoisotopic (exact) mass is 1160 g/mol. The number of hydrogen-bond acceptors (Lipinski definition) is 8. The molecule has 25 heteroatoms. The van der Waals surface area contributed by atoms with Crippen LogP contribution in [0.2, 0.25) is 10.0 Å². The van der Waals surface area contributed by atoms with Gasteiger partial charge in [-0.1, -0.05) is 41.4 Å². The largest absolute Gasteiger partial charge is 0.435 e. The SMILES string of the molecule is CNC(=O)c1cc(Cl)cc(C)c1NC(=O)c1cc(Br)nn1-c1ncccc1Cl.Cc1cc(C(F)(C(F)(F)F)C(F)(F)F)ccc1NC(=O)c1cccc(I)c1C(=O)NC(C)(C)CS(C)(=O)=O. The molecule has 0 atom stereocenters. The van der Waals surface area contributed by atoms with Crippen molar-refractivity contribution in [1.82, 2.24) is 25.4 Å². The second-order valence-electron chi connectivity index (χ2n) is 15.0. The maximum atomic E-state index is 14.4. The minimum atomic E-state index is -6.30. The lowest BCUT2D eigenvalue weighted by Crippen LogP contribution is -2.50. The summed E-state index contributed by atoms with van der Waals surface area (Å²) >= 11 is 17.3. The van der Waals surface area contributed by atoms with Crippen LogP contribution in [-0.4, -0.2) is 83.8 Å². The van der Waals surface area contributed by atoms with Gasteiger partial charge in [0.2, 0.25) is 0 Å². The van der Waals surface area contributed by atoms with Crippen molar-refractivity contribution in [2.75, 3.05) is 29.7 Å². The maximum absolute atomic E-state index is 14.4. The van der Waals surface area contributed by atoms with E-state index in [2.05, 4.69) is 47.3 Å². The van der Waals surface area contributed by atoms with Gasteiger partial charge >= 0.3 is 18.0 Å². The number of hydrogen-bond donors (Lipinski definition) is 4. The van der Waals surface area contributed by atoms with Gasteiger partial charge in [-0.05, 0) is 120 Å². The molecule has 0 spiro atoms. The average molecular weight is 1170 g/mol. The predicted molar refractivity (Wildman–Crippen MR) is 246 cm³/mol. The van der Waals surface area contributed by atoms with Crippen molar-refractivity contribution in [2.24, 2.45) is 0 Å². The number of nitrogens with one attached hydrogen (secondary N) is 4.